The van der Waals surface area contributed by atoms with Gasteiger partial charge in [0.1, 0.15) is 5.82 Å². The number of halogens is 2. The Labute approximate surface area is 172 Å². The summed E-state index contributed by atoms with van der Waals surface area (Å²) < 4.78 is 20.6. The van der Waals surface area contributed by atoms with Crippen LogP contribution in [0.5, 0.6) is 0 Å². The molecule has 1 aromatic heterocycles. The summed E-state index contributed by atoms with van der Waals surface area (Å²) in [6, 6.07) is 12.7. The molecule has 146 valence electrons. The second kappa shape index (κ2) is 9.15. The van der Waals surface area contributed by atoms with Gasteiger partial charge in [-0.2, -0.15) is 0 Å². The maximum absolute atomic E-state index is 14.0. The number of carbonyl (C=O) groups excluding carboxylic acids is 1. The number of nitrogens with zero attached hydrogens (tertiary/aromatic N) is 2. The second-order valence-corrected chi connectivity index (χ2v) is 7.54. The van der Waals surface area contributed by atoms with E-state index in [1.807, 2.05) is 38.1 Å². The van der Waals surface area contributed by atoms with Gasteiger partial charge in [0.2, 0.25) is 5.91 Å². The van der Waals surface area contributed by atoms with Crippen LogP contribution in [0.4, 0.5) is 4.39 Å². The van der Waals surface area contributed by atoms with Crippen molar-refractivity contribution >= 4 is 21.8 Å². The van der Waals surface area contributed by atoms with E-state index in [0.29, 0.717) is 30.2 Å². The number of hydrogen-bond donors (Lipinski definition) is 0. The van der Waals surface area contributed by atoms with E-state index in [4.69, 9.17) is 4.42 Å². The molecule has 4 nitrogen and oxygen atoms in total. The SMILES string of the molecule is CCN(Cc1cc(Br)ccc1F)C(=O)CCc1ncc(-c2ccc(C)cc2)o1. The topological polar surface area (TPSA) is 46.3 Å². The van der Waals surface area contributed by atoms with Crippen LogP contribution in [0, 0.1) is 12.7 Å². The molecule has 0 aliphatic heterocycles. The quantitative estimate of drug-likeness (QED) is 0.480. The predicted octanol–water partition coefficient (Wildman–Crippen LogP) is 5.53. The molecule has 0 fully saturated rings. The molecule has 0 spiro atoms. The van der Waals surface area contributed by atoms with Crippen molar-refractivity contribution in [3.05, 3.63) is 76.0 Å². The normalized spacial score (nSPS) is 10.9. The van der Waals surface area contributed by atoms with Crippen molar-refractivity contribution in [3.8, 4) is 11.3 Å². The standard InChI is InChI=1S/C22H22BrFN2O2/c1-3-26(14-17-12-18(23)8-9-19(17)24)22(27)11-10-21-25-13-20(28-21)16-6-4-15(2)5-7-16/h4-9,12-13H,3,10-11,14H2,1-2H3. The van der Waals surface area contributed by atoms with Crippen molar-refractivity contribution in [1.29, 1.82) is 0 Å². The van der Waals surface area contributed by atoms with E-state index in [1.165, 1.54) is 11.6 Å². The number of oxazole rings is 1. The fraction of sp³-hybridized carbons (Fsp3) is 0.273. The third-order valence-corrected chi connectivity index (χ3v) is 5.04. The first-order valence-electron chi connectivity index (χ1n) is 9.19. The molecule has 3 rings (SSSR count). The Morgan fingerprint density at radius 2 is 1.96 bits per heavy atom. The first kappa shape index (κ1) is 20.3. The minimum absolute atomic E-state index is 0.0584. The maximum atomic E-state index is 14.0. The third-order valence-electron chi connectivity index (χ3n) is 4.55. The Balaban J connectivity index is 1.61. The summed E-state index contributed by atoms with van der Waals surface area (Å²) in [4.78, 5) is 18.5. The Hall–Kier alpha value is -2.47. The lowest BCUT2D eigenvalue weighted by Gasteiger charge is -2.21. The van der Waals surface area contributed by atoms with Gasteiger partial charge in [-0.1, -0.05) is 45.8 Å². The fourth-order valence-electron chi connectivity index (χ4n) is 2.90. The number of amides is 1. The molecule has 1 amide bonds. The van der Waals surface area contributed by atoms with Gasteiger partial charge >= 0.3 is 0 Å². The largest absolute Gasteiger partial charge is 0.441 e. The van der Waals surface area contributed by atoms with Gasteiger partial charge in [-0.3, -0.25) is 4.79 Å². The molecule has 0 unspecified atom stereocenters. The highest BCUT2D eigenvalue weighted by Gasteiger charge is 2.16. The predicted molar refractivity (Wildman–Crippen MR) is 110 cm³/mol. The van der Waals surface area contributed by atoms with E-state index < -0.39 is 0 Å². The average Bonchev–Trinajstić information content (AvgIpc) is 3.16. The number of aromatic nitrogens is 1. The highest BCUT2D eigenvalue weighted by atomic mass is 79.9. The average molecular weight is 445 g/mol. The molecule has 0 saturated carbocycles. The van der Waals surface area contributed by atoms with Crippen LogP contribution >= 0.6 is 15.9 Å². The molecule has 0 atom stereocenters. The second-order valence-electron chi connectivity index (χ2n) is 6.63. The highest BCUT2D eigenvalue weighted by molar-refractivity contribution is 9.10. The number of rotatable bonds is 7. The third kappa shape index (κ3) is 5.07. The Bertz CT molecular complexity index is 953. The molecular formula is C22H22BrFN2O2. The first-order valence-corrected chi connectivity index (χ1v) is 9.99. The van der Waals surface area contributed by atoms with Crippen molar-refractivity contribution in [3.63, 3.8) is 0 Å². The molecule has 6 heteroatoms. The summed E-state index contributed by atoms with van der Waals surface area (Å²) in [6.07, 6.45) is 2.35. The lowest BCUT2D eigenvalue weighted by molar-refractivity contribution is -0.131. The maximum Gasteiger partial charge on any atom is 0.223 e. The summed E-state index contributed by atoms with van der Waals surface area (Å²) in [7, 11) is 0. The zero-order chi connectivity index (χ0) is 20.1. The number of aryl methyl sites for hydroxylation is 2. The van der Waals surface area contributed by atoms with Gasteiger partial charge in [-0.05, 0) is 32.0 Å². The minimum atomic E-state index is -0.315. The molecule has 3 aromatic rings. The van der Waals surface area contributed by atoms with E-state index >= 15 is 0 Å². The summed E-state index contributed by atoms with van der Waals surface area (Å²) in [5, 5.41) is 0. The molecule has 28 heavy (non-hydrogen) atoms. The lowest BCUT2D eigenvalue weighted by Crippen LogP contribution is -2.30. The van der Waals surface area contributed by atoms with Gasteiger partial charge in [0.15, 0.2) is 11.7 Å². The molecular weight excluding hydrogens is 423 g/mol. The van der Waals surface area contributed by atoms with Crippen molar-refractivity contribution in [1.82, 2.24) is 9.88 Å². The molecule has 0 bridgehead atoms. The summed E-state index contributed by atoms with van der Waals surface area (Å²) in [5.41, 5.74) is 2.62. The minimum Gasteiger partial charge on any atom is -0.441 e. The van der Waals surface area contributed by atoms with Crippen LogP contribution in [0.25, 0.3) is 11.3 Å². The van der Waals surface area contributed by atoms with Gasteiger partial charge in [0.05, 0.1) is 6.20 Å². The van der Waals surface area contributed by atoms with Gasteiger partial charge in [0.25, 0.3) is 0 Å². The zero-order valence-electron chi connectivity index (χ0n) is 15.9. The number of hydrogen-bond acceptors (Lipinski definition) is 3. The van der Waals surface area contributed by atoms with E-state index in [2.05, 4.69) is 20.9 Å². The number of carbonyl (C=O) groups is 1. The van der Waals surface area contributed by atoms with Crippen molar-refractivity contribution in [2.45, 2.75) is 33.2 Å². The van der Waals surface area contributed by atoms with Gasteiger partial charge in [-0.25, -0.2) is 9.37 Å². The summed E-state index contributed by atoms with van der Waals surface area (Å²) in [5.74, 6) is 0.835. The van der Waals surface area contributed by atoms with Crippen molar-refractivity contribution < 1.29 is 13.6 Å². The van der Waals surface area contributed by atoms with E-state index in [0.717, 1.165) is 10.0 Å². The van der Waals surface area contributed by atoms with E-state index in [-0.39, 0.29) is 24.7 Å². The van der Waals surface area contributed by atoms with Crippen LogP contribution in [0.1, 0.15) is 30.4 Å². The molecule has 0 aliphatic rings. The Kier molecular flexibility index (Phi) is 6.62. The van der Waals surface area contributed by atoms with Crippen LogP contribution in [0.15, 0.2) is 57.6 Å². The van der Waals surface area contributed by atoms with Crippen LogP contribution in [0.3, 0.4) is 0 Å². The van der Waals surface area contributed by atoms with Crippen LogP contribution in [0.2, 0.25) is 0 Å². The van der Waals surface area contributed by atoms with Gasteiger partial charge in [-0.15, -0.1) is 0 Å². The Morgan fingerprint density at radius 3 is 2.68 bits per heavy atom. The molecule has 0 radical (unpaired) electrons. The summed E-state index contributed by atoms with van der Waals surface area (Å²) in [6.45, 7) is 4.65. The Morgan fingerprint density at radius 1 is 1.21 bits per heavy atom. The van der Waals surface area contributed by atoms with E-state index in [9.17, 15) is 9.18 Å². The zero-order valence-corrected chi connectivity index (χ0v) is 17.5. The van der Waals surface area contributed by atoms with Gasteiger partial charge < -0.3 is 9.32 Å². The van der Waals surface area contributed by atoms with Crippen LogP contribution in [-0.2, 0) is 17.8 Å². The highest BCUT2D eigenvalue weighted by Crippen LogP contribution is 2.22. The lowest BCUT2D eigenvalue weighted by atomic mass is 10.1. The smallest absolute Gasteiger partial charge is 0.223 e. The molecule has 1 heterocycles. The molecule has 0 saturated heterocycles. The molecule has 2 aromatic carbocycles. The van der Waals surface area contributed by atoms with Crippen molar-refractivity contribution in [2.24, 2.45) is 0 Å². The van der Waals surface area contributed by atoms with Crippen LogP contribution < -0.4 is 0 Å². The monoisotopic (exact) mass is 444 g/mol. The fourth-order valence-corrected chi connectivity index (χ4v) is 3.30. The number of benzene rings is 2. The van der Waals surface area contributed by atoms with Gasteiger partial charge in [0, 0.05) is 41.5 Å². The van der Waals surface area contributed by atoms with Crippen LogP contribution in [-0.4, -0.2) is 22.3 Å². The molecule has 0 aliphatic carbocycles. The molecule has 0 N–H and O–H groups in total. The van der Waals surface area contributed by atoms with Crippen molar-refractivity contribution in [2.75, 3.05) is 6.54 Å². The first-order chi connectivity index (χ1) is 13.5. The summed E-state index contributed by atoms with van der Waals surface area (Å²) >= 11 is 3.34. The van der Waals surface area contributed by atoms with E-state index in [1.54, 1.807) is 23.2 Å².